The Morgan fingerprint density at radius 1 is 0.800 bits per heavy atom. The van der Waals surface area contributed by atoms with E-state index in [1.54, 1.807) is 0 Å². The van der Waals surface area contributed by atoms with E-state index >= 15 is 0 Å². The first-order valence-corrected chi connectivity index (χ1v) is 11.3. The molecule has 114 valence electrons. The first-order valence-electron chi connectivity index (χ1n) is 5.62. The SMILES string of the molecule is BrCC(Br)COc1cc(OCC(Br)CBr)c(Br)cc1Br. The molecule has 0 saturated heterocycles. The van der Waals surface area contributed by atoms with E-state index in [0.717, 1.165) is 31.1 Å². The summed E-state index contributed by atoms with van der Waals surface area (Å²) in [4.78, 5) is 0.533. The van der Waals surface area contributed by atoms with Gasteiger partial charge in [0, 0.05) is 16.7 Å². The smallest absolute Gasteiger partial charge is 0.137 e. The first kappa shape index (κ1) is 19.7. The second-order valence-corrected chi connectivity index (χ2v) is 9.43. The Morgan fingerprint density at radius 2 is 1.20 bits per heavy atom. The maximum absolute atomic E-state index is 5.77. The lowest BCUT2D eigenvalue weighted by Crippen LogP contribution is -2.14. The minimum absolute atomic E-state index is 0.266. The van der Waals surface area contributed by atoms with Crippen LogP contribution in [0.15, 0.2) is 21.1 Å². The maximum Gasteiger partial charge on any atom is 0.137 e. The summed E-state index contributed by atoms with van der Waals surface area (Å²) in [6.07, 6.45) is 0. The van der Waals surface area contributed by atoms with Crippen LogP contribution in [0.1, 0.15) is 0 Å². The van der Waals surface area contributed by atoms with Gasteiger partial charge in [0.05, 0.1) is 18.6 Å². The molecule has 0 aliphatic rings. The quantitative estimate of drug-likeness (QED) is 0.304. The van der Waals surface area contributed by atoms with Gasteiger partial charge < -0.3 is 9.47 Å². The van der Waals surface area contributed by atoms with Crippen LogP contribution in [0.3, 0.4) is 0 Å². The molecule has 1 rings (SSSR count). The lowest BCUT2D eigenvalue weighted by molar-refractivity contribution is 0.306. The summed E-state index contributed by atoms with van der Waals surface area (Å²) < 4.78 is 13.3. The lowest BCUT2D eigenvalue weighted by Gasteiger charge is -2.15. The summed E-state index contributed by atoms with van der Waals surface area (Å²) in [5.41, 5.74) is 0. The highest BCUT2D eigenvalue weighted by molar-refractivity contribution is 9.12. The molecule has 2 atom stereocenters. The van der Waals surface area contributed by atoms with Crippen LogP contribution in [0.25, 0.3) is 0 Å². The summed E-state index contributed by atoms with van der Waals surface area (Å²) in [6.45, 7) is 1.15. The van der Waals surface area contributed by atoms with E-state index in [0.29, 0.717) is 13.2 Å². The maximum atomic E-state index is 5.77. The van der Waals surface area contributed by atoms with Gasteiger partial charge in [-0.25, -0.2) is 0 Å². The summed E-state index contributed by atoms with van der Waals surface area (Å²) in [5, 5.41) is 1.67. The number of benzene rings is 1. The Hall–Kier alpha value is 1.70. The fourth-order valence-electron chi connectivity index (χ4n) is 1.18. The summed E-state index contributed by atoms with van der Waals surface area (Å²) in [5.74, 6) is 1.53. The summed E-state index contributed by atoms with van der Waals surface area (Å²) in [7, 11) is 0. The van der Waals surface area contributed by atoms with Crippen LogP contribution in [0.2, 0.25) is 0 Å². The van der Waals surface area contributed by atoms with Gasteiger partial charge in [0.25, 0.3) is 0 Å². The van der Waals surface area contributed by atoms with Gasteiger partial charge in [0.2, 0.25) is 0 Å². The molecule has 0 spiro atoms. The summed E-state index contributed by atoms with van der Waals surface area (Å²) in [6, 6.07) is 3.81. The second-order valence-electron chi connectivity index (χ2n) is 3.84. The Morgan fingerprint density at radius 3 is 1.55 bits per heavy atom. The minimum Gasteiger partial charge on any atom is -0.491 e. The second kappa shape index (κ2) is 10.5. The van der Waals surface area contributed by atoms with E-state index < -0.39 is 0 Å². The van der Waals surface area contributed by atoms with Crippen molar-refractivity contribution in [3.05, 3.63) is 21.1 Å². The van der Waals surface area contributed by atoms with E-state index in [2.05, 4.69) is 95.6 Å². The van der Waals surface area contributed by atoms with Crippen molar-refractivity contribution in [2.75, 3.05) is 23.9 Å². The number of ether oxygens (including phenoxy) is 2. The molecule has 2 unspecified atom stereocenters. The van der Waals surface area contributed by atoms with Gasteiger partial charge in [-0.2, -0.15) is 0 Å². The van der Waals surface area contributed by atoms with Gasteiger partial charge in [-0.05, 0) is 37.9 Å². The van der Waals surface area contributed by atoms with Crippen molar-refractivity contribution in [3.8, 4) is 11.5 Å². The Balaban J connectivity index is 2.75. The number of alkyl halides is 4. The molecule has 0 bridgehead atoms. The fourth-order valence-corrected chi connectivity index (χ4v) is 3.04. The van der Waals surface area contributed by atoms with Crippen molar-refractivity contribution in [1.29, 1.82) is 0 Å². The highest BCUT2D eigenvalue weighted by Crippen LogP contribution is 2.36. The molecule has 0 heterocycles. The van der Waals surface area contributed by atoms with E-state index in [1.165, 1.54) is 0 Å². The molecule has 0 N–H and O–H groups in total. The van der Waals surface area contributed by atoms with Crippen molar-refractivity contribution in [3.63, 3.8) is 0 Å². The monoisotopic (exact) mass is 662 g/mol. The van der Waals surface area contributed by atoms with E-state index in [4.69, 9.17) is 9.47 Å². The van der Waals surface area contributed by atoms with Crippen LogP contribution in [0, 0.1) is 0 Å². The van der Waals surface area contributed by atoms with Crippen LogP contribution in [0.4, 0.5) is 0 Å². The largest absolute Gasteiger partial charge is 0.491 e. The molecule has 0 radical (unpaired) electrons. The number of rotatable bonds is 8. The zero-order valence-electron chi connectivity index (χ0n) is 10.2. The van der Waals surface area contributed by atoms with Crippen LogP contribution < -0.4 is 9.47 Å². The molecule has 1 aromatic rings. The number of hydrogen-bond acceptors (Lipinski definition) is 2. The Bertz CT molecular complexity index is 393. The van der Waals surface area contributed by atoms with Crippen molar-refractivity contribution in [1.82, 2.24) is 0 Å². The minimum atomic E-state index is 0.266. The summed E-state index contributed by atoms with van der Waals surface area (Å²) >= 11 is 20.8. The number of halogens is 6. The van der Waals surface area contributed by atoms with Crippen molar-refractivity contribution < 1.29 is 9.47 Å². The normalized spacial score (nSPS) is 13.9. The zero-order chi connectivity index (χ0) is 15.1. The third kappa shape index (κ3) is 6.86. The van der Waals surface area contributed by atoms with Gasteiger partial charge >= 0.3 is 0 Å². The molecule has 0 aromatic heterocycles. The molecular weight excluding hydrogens is 656 g/mol. The van der Waals surface area contributed by atoms with Gasteiger partial charge in [-0.3, -0.25) is 0 Å². The van der Waals surface area contributed by atoms with Crippen LogP contribution in [-0.2, 0) is 0 Å². The Kier molecular flexibility index (Phi) is 10.3. The van der Waals surface area contributed by atoms with Crippen LogP contribution in [0.5, 0.6) is 11.5 Å². The topological polar surface area (TPSA) is 18.5 Å². The Labute approximate surface area is 169 Å². The molecule has 0 aliphatic heterocycles. The molecule has 1 aromatic carbocycles. The van der Waals surface area contributed by atoms with Gasteiger partial charge in [0.15, 0.2) is 0 Å². The highest BCUT2D eigenvalue weighted by Gasteiger charge is 2.12. The average Bonchev–Trinajstić information content (AvgIpc) is 2.44. The van der Waals surface area contributed by atoms with Crippen LogP contribution >= 0.6 is 95.6 Å². The van der Waals surface area contributed by atoms with Crippen molar-refractivity contribution in [2.45, 2.75) is 9.65 Å². The highest BCUT2D eigenvalue weighted by atomic mass is 79.9. The van der Waals surface area contributed by atoms with Crippen molar-refractivity contribution >= 4 is 95.6 Å². The van der Waals surface area contributed by atoms with Crippen LogP contribution in [-0.4, -0.2) is 33.5 Å². The first-order chi connectivity index (χ1) is 9.47. The molecule has 20 heavy (non-hydrogen) atoms. The zero-order valence-corrected chi connectivity index (χ0v) is 19.7. The molecule has 8 heteroatoms. The lowest BCUT2D eigenvalue weighted by atomic mass is 10.3. The average molecular weight is 668 g/mol. The standard InChI is InChI=1S/C12H12Br6O2/c13-3-7(15)5-19-11-2-12(10(18)1-9(11)17)20-6-8(16)4-14/h1-2,7-8H,3-6H2. The predicted molar refractivity (Wildman–Crippen MR) is 106 cm³/mol. The predicted octanol–water partition coefficient (Wildman–Crippen LogP) is 6.29. The van der Waals surface area contributed by atoms with Gasteiger partial charge in [0.1, 0.15) is 24.7 Å². The van der Waals surface area contributed by atoms with Gasteiger partial charge in [-0.1, -0.05) is 63.7 Å². The third-order valence-electron chi connectivity index (χ3n) is 2.16. The molecular formula is C12H12Br6O2. The molecule has 0 aliphatic carbocycles. The van der Waals surface area contributed by atoms with E-state index in [1.807, 2.05) is 12.1 Å². The number of hydrogen-bond donors (Lipinski definition) is 0. The fraction of sp³-hybridized carbons (Fsp3) is 0.500. The third-order valence-corrected chi connectivity index (χ3v) is 7.88. The molecule has 0 amide bonds. The van der Waals surface area contributed by atoms with E-state index in [-0.39, 0.29) is 9.65 Å². The molecule has 0 saturated carbocycles. The van der Waals surface area contributed by atoms with Gasteiger partial charge in [-0.15, -0.1) is 0 Å². The van der Waals surface area contributed by atoms with E-state index in [9.17, 15) is 0 Å². The molecule has 0 fully saturated rings. The van der Waals surface area contributed by atoms with Crippen molar-refractivity contribution in [2.24, 2.45) is 0 Å². The molecule has 2 nitrogen and oxygen atoms in total.